The van der Waals surface area contributed by atoms with Crippen LogP contribution in [0.15, 0.2) is 0 Å². The lowest BCUT2D eigenvalue weighted by Gasteiger charge is -2.63. The van der Waals surface area contributed by atoms with Gasteiger partial charge in [0.2, 0.25) is 0 Å². The van der Waals surface area contributed by atoms with Gasteiger partial charge < -0.3 is 15.4 Å². The normalized spacial score (nSPS) is 42.9. The molecule has 4 saturated carbocycles. The van der Waals surface area contributed by atoms with Gasteiger partial charge in [-0.3, -0.25) is 4.79 Å². The monoisotopic (exact) mass is 520 g/mol. The molecule has 4 rings (SSSR count). The van der Waals surface area contributed by atoms with Gasteiger partial charge in [-0.15, -0.1) is 0 Å². The van der Waals surface area contributed by atoms with E-state index in [1.807, 2.05) is 0 Å². The maximum atomic E-state index is 11.8. The van der Waals surface area contributed by atoms with Gasteiger partial charge in [0.25, 0.3) is 0 Å². The van der Waals surface area contributed by atoms with Crippen LogP contribution < -0.4 is 10.6 Å². The van der Waals surface area contributed by atoms with Crippen molar-refractivity contribution in [3.63, 3.8) is 0 Å². The lowest BCUT2D eigenvalue weighted by atomic mass is 9.44. The maximum absolute atomic E-state index is 11.8. The Labute approximate surface area is 226 Å². The molecule has 36 heavy (non-hydrogen) atoms. The number of hydrogen-bond donors (Lipinski definition) is 2. The van der Waals surface area contributed by atoms with Gasteiger partial charge >= 0.3 is 5.97 Å². The number of fused-ring (bicyclic) bond motifs is 5. The molecule has 0 spiro atoms. The highest BCUT2D eigenvalue weighted by atomic mass is 32.2. The second-order valence-electron chi connectivity index (χ2n) is 13.9. The molecule has 0 amide bonds. The largest absolute Gasteiger partial charge is 0.469 e. The zero-order valence-corrected chi connectivity index (χ0v) is 25.2. The molecule has 0 aromatic carbocycles. The molecule has 5 heteroatoms. The Morgan fingerprint density at radius 3 is 2.42 bits per heavy atom. The summed E-state index contributed by atoms with van der Waals surface area (Å²) in [7, 11) is 1.52. The summed E-state index contributed by atoms with van der Waals surface area (Å²) in [6, 6.07) is 1.28. The molecular weight excluding hydrogens is 464 g/mol. The zero-order valence-electron chi connectivity index (χ0n) is 24.4. The first-order valence-corrected chi connectivity index (χ1v) is 16.5. The van der Waals surface area contributed by atoms with Gasteiger partial charge in [0.15, 0.2) is 0 Å². The third-order valence-corrected chi connectivity index (χ3v) is 13.0. The first kappa shape index (κ1) is 28.7. The van der Waals surface area contributed by atoms with Crippen LogP contribution in [0.2, 0.25) is 0 Å². The number of ether oxygens (including phenoxy) is 1. The Kier molecular flexibility index (Phi) is 9.47. The minimum Gasteiger partial charge on any atom is -0.469 e. The van der Waals surface area contributed by atoms with Crippen LogP contribution in [0.1, 0.15) is 98.8 Å². The molecule has 0 saturated heterocycles. The van der Waals surface area contributed by atoms with Gasteiger partial charge in [0, 0.05) is 36.8 Å². The summed E-state index contributed by atoms with van der Waals surface area (Å²) < 4.78 is 4.95. The van der Waals surface area contributed by atoms with Crippen LogP contribution in [-0.2, 0) is 9.53 Å². The van der Waals surface area contributed by atoms with E-state index in [0.29, 0.717) is 35.3 Å². The van der Waals surface area contributed by atoms with E-state index >= 15 is 0 Å². The van der Waals surface area contributed by atoms with E-state index in [1.54, 1.807) is 0 Å². The molecule has 4 aliphatic carbocycles. The van der Waals surface area contributed by atoms with Gasteiger partial charge in [-0.1, -0.05) is 34.6 Å². The second-order valence-corrected chi connectivity index (χ2v) is 14.9. The summed E-state index contributed by atoms with van der Waals surface area (Å²) in [6.45, 7) is 14.4. The zero-order chi connectivity index (χ0) is 26.1. The van der Waals surface area contributed by atoms with Crippen LogP contribution in [0, 0.1) is 46.3 Å². The Bertz CT molecular complexity index is 746. The fraction of sp³-hybridized carbons (Fsp3) is 0.968. The van der Waals surface area contributed by atoms with E-state index in [-0.39, 0.29) is 5.97 Å². The van der Waals surface area contributed by atoms with Crippen LogP contribution in [-0.4, -0.2) is 49.8 Å². The molecule has 4 nitrogen and oxygen atoms in total. The molecular formula is C31H56N2O2S. The molecule has 0 heterocycles. The highest BCUT2D eigenvalue weighted by Crippen LogP contribution is 2.69. The predicted octanol–water partition coefficient (Wildman–Crippen LogP) is 6.53. The molecule has 2 N–H and O–H groups in total. The fourth-order valence-corrected chi connectivity index (χ4v) is 11.0. The number of carbonyl (C=O) groups excluding carboxylic acids is 1. The average Bonchev–Trinajstić information content (AvgIpc) is 3.21. The molecule has 0 bridgehead atoms. The van der Waals surface area contributed by atoms with E-state index < -0.39 is 0 Å². The van der Waals surface area contributed by atoms with Crippen molar-refractivity contribution in [1.29, 1.82) is 0 Å². The van der Waals surface area contributed by atoms with Crippen molar-refractivity contribution in [2.75, 3.05) is 26.5 Å². The predicted molar refractivity (Wildman–Crippen MR) is 153 cm³/mol. The summed E-state index contributed by atoms with van der Waals surface area (Å²) >= 11 is 2.19. The van der Waals surface area contributed by atoms with Crippen molar-refractivity contribution in [2.24, 2.45) is 46.3 Å². The summed E-state index contributed by atoms with van der Waals surface area (Å²) in [5.74, 6) is 4.87. The summed E-state index contributed by atoms with van der Waals surface area (Å²) in [5, 5.41) is 8.30. The van der Waals surface area contributed by atoms with E-state index in [2.05, 4.69) is 63.3 Å². The quantitative estimate of drug-likeness (QED) is 0.253. The van der Waals surface area contributed by atoms with E-state index in [0.717, 1.165) is 54.3 Å². The lowest BCUT2D eigenvalue weighted by Crippen LogP contribution is -2.59. The minimum atomic E-state index is -0.0415. The molecule has 0 aliphatic heterocycles. The number of hydrogen-bond acceptors (Lipinski definition) is 5. The number of esters is 1. The molecule has 0 aromatic rings. The summed E-state index contributed by atoms with van der Waals surface area (Å²) in [5.41, 5.74) is 0.983. The third kappa shape index (κ3) is 5.55. The van der Waals surface area contributed by atoms with Crippen molar-refractivity contribution in [3.8, 4) is 0 Å². The Hall–Kier alpha value is -0.260. The number of thioether (sulfide) groups is 1. The van der Waals surface area contributed by atoms with Crippen molar-refractivity contribution >= 4 is 17.7 Å². The van der Waals surface area contributed by atoms with Crippen LogP contribution in [0.3, 0.4) is 0 Å². The highest BCUT2D eigenvalue weighted by molar-refractivity contribution is 7.99. The number of nitrogens with one attached hydrogen (secondary N) is 2. The van der Waals surface area contributed by atoms with E-state index in [9.17, 15) is 4.79 Å². The maximum Gasteiger partial charge on any atom is 0.305 e. The summed E-state index contributed by atoms with van der Waals surface area (Å²) in [6.07, 6.45) is 15.2. The minimum absolute atomic E-state index is 0.0415. The highest BCUT2D eigenvalue weighted by Gasteiger charge is 2.62. The average molecular weight is 521 g/mol. The molecule has 0 radical (unpaired) electrons. The van der Waals surface area contributed by atoms with Crippen LogP contribution in [0.5, 0.6) is 0 Å². The Morgan fingerprint density at radius 1 is 1.00 bits per heavy atom. The van der Waals surface area contributed by atoms with Crippen LogP contribution in [0.25, 0.3) is 0 Å². The fourth-order valence-electron chi connectivity index (χ4n) is 9.89. The van der Waals surface area contributed by atoms with Crippen LogP contribution >= 0.6 is 11.8 Å². The van der Waals surface area contributed by atoms with Crippen molar-refractivity contribution in [1.82, 2.24) is 10.6 Å². The molecule has 10 atom stereocenters. The Balaban J connectivity index is 1.44. The van der Waals surface area contributed by atoms with Gasteiger partial charge in [-0.05, 0) is 110 Å². The van der Waals surface area contributed by atoms with Gasteiger partial charge in [-0.25, -0.2) is 0 Å². The lowest BCUT2D eigenvalue weighted by molar-refractivity contribution is -0.141. The van der Waals surface area contributed by atoms with Gasteiger partial charge in [0.1, 0.15) is 0 Å². The molecule has 4 unspecified atom stereocenters. The standard InChI is InChI=1S/C31H56N2O2S/c1-20(2)32-16-17-33-23-12-14-30(4)22(18-23)19-27(36-7)29-25-10-9-24(21(3)8-11-28(34)35-6)31(25,5)15-13-26(29)30/h20-27,29,32-33H,8-19H2,1-7H3/t21-,22-,23-,24?,25?,26?,27-,29?,30+,31-/m1/s1. The van der Waals surface area contributed by atoms with E-state index in [4.69, 9.17) is 4.74 Å². The SMILES string of the molecule is COC(=O)CC[C@@H](C)C1CCC2C3C(CC[C@@]21C)[C@@]1(C)CC[C@@H](NCCNC(C)C)C[C@@H]1C[C@H]3SC. The molecule has 208 valence electrons. The summed E-state index contributed by atoms with van der Waals surface area (Å²) in [4.78, 5) is 11.8. The van der Waals surface area contributed by atoms with Crippen molar-refractivity contribution in [2.45, 2.75) is 116 Å². The van der Waals surface area contributed by atoms with Crippen molar-refractivity contribution in [3.05, 3.63) is 0 Å². The second kappa shape index (κ2) is 11.9. The first-order valence-electron chi connectivity index (χ1n) is 15.2. The van der Waals surface area contributed by atoms with Gasteiger partial charge in [-0.2, -0.15) is 11.8 Å². The first-order chi connectivity index (χ1) is 17.1. The third-order valence-electron chi connectivity index (χ3n) is 11.9. The van der Waals surface area contributed by atoms with E-state index in [1.165, 1.54) is 58.5 Å². The van der Waals surface area contributed by atoms with Crippen LogP contribution in [0.4, 0.5) is 0 Å². The number of rotatable bonds is 10. The number of methoxy groups -OCH3 is 1. The molecule has 4 aliphatic rings. The molecule has 0 aromatic heterocycles. The number of carbonyl (C=O) groups is 1. The van der Waals surface area contributed by atoms with Gasteiger partial charge in [0.05, 0.1) is 7.11 Å². The van der Waals surface area contributed by atoms with Crippen molar-refractivity contribution < 1.29 is 9.53 Å². The Morgan fingerprint density at radius 2 is 1.72 bits per heavy atom. The smallest absolute Gasteiger partial charge is 0.305 e. The molecule has 4 fully saturated rings. The topological polar surface area (TPSA) is 50.4 Å².